The highest BCUT2D eigenvalue weighted by molar-refractivity contribution is 5.27. The second kappa shape index (κ2) is 5.63. The molecule has 0 amide bonds. The van der Waals surface area contributed by atoms with Gasteiger partial charge in [0.25, 0.3) is 0 Å². The van der Waals surface area contributed by atoms with Gasteiger partial charge in [-0.3, -0.25) is 0 Å². The number of nitrogens with one attached hydrogen (secondary N) is 1. The van der Waals surface area contributed by atoms with E-state index >= 15 is 0 Å². The lowest BCUT2D eigenvalue weighted by atomic mass is 9.76. The number of aryl methyl sites for hydroxylation is 1. The third-order valence-corrected chi connectivity index (χ3v) is 3.45. The SMILES string of the molecule is CNCC(Cc1cc(F)ccc1C)C(C)(C)C. The Hall–Kier alpha value is -0.890. The zero-order chi connectivity index (χ0) is 13.1. The van der Waals surface area contributed by atoms with Crippen LogP contribution < -0.4 is 5.32 Å². The zero-order valence-corrected chi connectivity index (χ0v) is 11.6. The molecule has 1 unspecified atom stereocenters. The van der Waals surface area contributed by atoms with Crippen LogP contribution in [0.4, 0.5) is 4.39 Å². The van der Waals surface area contributed by atoms with Gasteiger partial charge < -0.3 is 5.32 Å². The van der Waals surface area contributed by atoms with Crippen molar-refractivity contribution in [3.05, 3.63) is 35.1 Å². The Morgan fingerprint density at radius 3 is 2.47 bits per heavy atom. The molecule has 0 radical (unpaired) electrons. The van der Waals surface area contributed by atoms with Crippen LogP contribution in [0.5, 0.6) is 0 Å². The van der Waals surface area contributed by atoms with Crippen molar-refractivity contribution in [2.45, 2.75) is 34.1 Å². The fourth-order valence-electron chi connectivity index (χ4n) is 2.06. The fourth-order valence-corrected chi connectivity index (χ4v) is 2.06. The summed E-state index contributed by atoms with van der Waals surface area (Å²) in [5.74, 6) is 0.371. The number of hydrogen-bond acceptors (Lipinski definition) is 1. The topological polar surface area (TPSA) is 12.0 Å². The monoisotopic (exact) mass is 237 g/mol. The van der Waals surface area contributed by atoms with E-state index in [1.54, 1.807) is 6.07 Å². The predicted molar refractivity (Wildman–Crippen MR) is 71.7 cm³/mol. The first-order valence-corrected chi connectivity index (χ1v) is 6.24. The van der Waals surface area contributed by atoms with Gasteiger partial charge in [0.05, 0.1) is 0 Å². The van der Waals surface area contributed by atoms with Gasteiger partial charge in [0.15, 0.2) is 0 Å². The first kappa shape index (κ1) is 14.2. The molecule has 17 heavy (non-hydrogen) atoms. The fraction of sp³-hybridized carbons (Fsp3) is 0.600. The van der Waals surface area contributed by atoms with Crippen LogP contribution in [0, 0.1) is 24.1 Å². The van der Waals surface area contributed by atoms with Crippen molar-refractivity contribution in [2.75, 3.05) is 13.6 Å². The van der Waals surface area contributed by atoms with Crippen molar-refractivity contribution in [3.63, 3.8) is 0 Å². The smallest absolute Gasteiger partial charge is 0.123 e. The van der Waals surface area contributed by atoms with E-state index in [4.69, 9.17) is 0 Å². The van der Waals surface area contributed by atoms with Crippen LogP contribution in [0.3, 0.4) is 0 Å². The number of hydrogen-bond donors (Lipinski definition) is 1. The van der Waals surface area contributed by atoms with E-state index in [9.17, 15) is 4.39 Å². The van der Waals surface area contributed by atoms with Crippen molar-refractivity contribution >= 4 is 0 Å². The molecular formula is C15H24FN. The van der Waals surface area contributed by atoms with Gasteiger partial charge in [-0.2, -0.15) is 0 Å². The predicted octanol–water partition coefficient (Wildman–Crippen LogP) is 3.56. The second-order valence-electron chi connectivity index (χ2n) is 5.90. The van der Waals surface area contributed by atoms with Crippen molar-refractivity contribution < 1.29 is 4.39 Å². The summed E-state index contributed by atoms with van der Waals surface area (Å²) >= 11 is 0. The number of halogens is 1. The lowest BCUT2D eigenvalue weighted by Gasteiger charge is -2.31. The molecule has 1 rings (SSSR count). The van der Waals surface area contributed by atoms with Gasteiger partial charge in [0.1, 0.15) is 5.82 Å². The average molecular weight is 237 g/mol. The maximum Gasteiger partial charge on any atom is 0.123 e. The first-order chi connectivity index (χ1) is 7.84. The maximum atomic E-state index is 13.3. The van der Waals surface area contributed by atoms with E-state index in [0.717, 1.165) is 18.5 Å². The minimum atomic E-state index is -0.136. The second-order valence-corrected chi connectivity index (χ2v) is 5.90. The highest BCUT2D eigenvalue weighted by Crippen LogP contribution is 2.29. The van der Waals surface area contributed by atoms with Gasteiger partial charge in [0, 0.05) is 0 Å². The molecule has 1 aromatic rings. The van der Waals surface area contributed by atoms with Crippen LogP contribution in [0.2, 0.25) is 0 Å². The van der Waals surface area contributed by atoms with Crippen molar-refractivity contribution in [1.29, 1.82) is 0 Å². The standard InChI is InChI=1S/C15H24FN/c1-11-6-7-14(16)9-12(11)8-13(10-17-5)15(2,3)4/h6-7,9,13,17H,8,10H2,1-5H3. The summed E-state index contributed by atoms with van der Waals surface area (Å²) < 4.78 is 13.3. The highest BCUT2D eigenvalue weighted by atomic mass is 19.1. The van der Waals surface area contributed by atoms with E-state index in [-0.39, 0.29) is 11.2 Å². The van der Waals surface area contributed by atoms with Crippen LogP contribution in [0.25, 0.3) is 0 Å². The largest absolute Gasteiger partial charge is 0.319 e. The highest BCUT2D eigenvalue weighted by Gasteiger charge is 2.24. The maximum absolute atomic E-state index is 13.3. The molecule has 0 bridgehead atoms. The third-order valence-electron chi connectivity index (χ3n) is 3.45. The average Bonchev–Trinajstić information content (AvgIpc) is 2.21. The number of rotatable bonds is 4. The summed E-state index contributed by atoms with van der Waals surface area (Å²) in [6.07, 6.45) is 0.925. The van der Waals surface area contributed by atoms with Crippen LogP contribution in [-0.4, -0.2) is 13.6 Å². The molecule has 0 heterocycles. The molecule has 0 aliphatic heterocycles. The summed E-state index contributed by atoms with van der Waals surface area (Å²) in [5, 5.41) is 3.23. The number of benzene rings is 1. The summed E-state index contributed by atoms with van der Waals surface area (Å²) in [4.78, 5) is 0. The van der Waals surface area contributed by atoms with Crippen LogP contribution in [0.1, 0.15) is 31.9 Å². The molecule has 96 valence electrons. The Bertz CT molecular complexity index is 366. The molecule has 1 N–H and O–H groups in total. The summed E-state index contributed by atoms with van der Waals surface area (Å²) in [6, 6.07) is 5.07. The van der Waals surface area contributed by atoms with E-state index in [2.05, 4.69) is 26.1 Å². The molecule has 1 atom stereocenters. The Labute approximate surface area is 104 Å². The van der Waals surface area contributed by atoms with E-state index < -0.39 is 0 Å². The van der Waals surface area contributed by atoms with Crippen molar-refractivity contribution in [3.8, 4) is 0 Å². The molecule has 2 heteroatoms. The molecular weight excluding hydrogens is 213 g/mol. The Kier molecular flexibility index (Phi) is 4.70. The molecule has 0 fully saturated rings. The lowest BCUT2D eigenvalue weighted by molar-refractivity contribution is 0.234. The molecule has 0 saturated heterocycles. The van der Waals surface area contributed by atoms with Crippen LogP contribution >= 0.6 is 0 Å². The summed E-state index contributed by atoms with van der Waals surface area (Å²) in [5.41, 5.74) is 2.53. The van der Waals surface area contributed by atoms with Gasteiger partial charge in [-0.15, -0.1) is 0 Å². The molecule has 0 aromatic heterocycles. The van der Waals surface area contributed by atoms with E-state index in [1.165, 1.54) is 11.6 Å². The molecule has 0 aliphatic carbocycles. The van der Waals surface area contributed by atoms with Gasteiger partial charge in [-0.1, -0.05) is 26.8 Å². The molecule has 1 aromatic carbocycles. The van der Waals surface area contributed by atoms with E-state index in [1.807, 2.05) is 20.0 Å². The Balaban J connectivity index is 2.89. The normalized spacial score (nSPS) is 13.8. The van der Waals surface area contributed by atoms with Crippen LogP contribution in [-0.2, 0) is 6.42 Å². The Morgan fingerprint density at radius 2 is 1.94 bits per heavy atom. The Morgan fingerprint density at radius 1 is 1.29 bits per heavy atom. The lowest BCUT2D eigenvalue weighted by Crippen LogP contribution is -2.32. The quantitative estimate of drug-likeness (QED) is 0.844. The van der Waals surface area contributed by atoms with Crippen molar-refractivity contribution in [2.24, 2.45) is 11.3 Å². The molecule has 0 aliphatic rings. The van der Waals surface area contributed by atoms with Gasteiger partial charge in [-0.25, -0.2) is 4.39 Å². The molecule has 0 spiro atoms. The third kappa shape index (κ3) is 4.12. The van der Waals surface area contributed by atoms with Crippen LogP contribution in [0.15, 0.2) is 18.2 Å². The van der Waals surface area contributed by atoms with Gasteiger partial charge in [0.2, 0.25) is 0 Å². The summed E-state index contributed by atoms with van der Waals surface area (Å²) in [7, 11) is 1.97. The molecule has 1 nitrogen and oxygen atoms in total. The first-order valence-electron chi connectivity index (χ1n) is 6.24. The van der Waals surface area contributed by atoms with Crippen molar-refractivity contribution in [1.82, 2.24) is 5.32 Å². The van der Waals surface area contributed by atoms with E-state index in [0.29, 0.717) is 5.92 Å². The molecule has 0 saturated carbocycles. The minimum absolute atomic E-state index is 0.136. The van der Waals surface area contributed by atoms with Gasteiger partial charge in [-0.05, 0) is 61.5 Å². The zero-order valence-electron chi connectivity index (χ0n) is 11.6. The minimum Gasteiger partial charge on any atom is -0.319 e. The van der Waals surface area contributed by atoms with Gasteiger partial charge >= 0.3 is 0 Å². The summed E-state index contributed by atoms with van der Waals surface area (Å²) in [6.45, 7) is 9.73.